The fourth-order valence-corrected chi connectivity index (χ4v) is 3.58. The van der Waals surface area contributed by atoms with Gasteiger partial charge in [0.15, 0.2) is 0 Å². The number of methoxy groups -OCH3 is 1. The van der Waals surface area contributed by atoms with Crippen LogP contribution >= 0.6 is 15.9 Å². The average Bonchev–Trinajstić information content (AvgIpc) is 3.37. The highest BCUT2D eigenvalue weighted by atomic mass is 79.9. The van der Waals surface area contributed by atoms with Crippen molar-refractivity contribution in [1.82, 2.24) is 14.7 Å². The predicted molar refractivity (Wildman–Crippen MR) is 109 cm³/mol. The van der Waals surface area contributed by atoms with Crippen LogP contribution in [-0.2, 0) is 22.6 Å². The highest BCUT2D eigenvalue weighted by molar-refractivity contribution is 9.10. The number of fused-ring (bicyclic) bond motifs is 1. The Morgan fingerprint density at radius 2 is 2.11 bits per heavy atom. The fourth-order valence-electron chi connectivity index (χ4n) is 3.05. The molecule has 1 aliphatic rings. The minimum Gasteiger partial charge on any atom is -0.444 e. The zero-order valence-corrected chi connectivity index (χ0v) is 18.1. The summed E-state index contributed by atoms with van der Waals surface area (Å²) in [6.45, 7) is 7.75. The summed E-state index contributed by atoms with van der Waals surface area (Å²) in [4.78, 5) is 14.5. The summed E-state index contributed by atoms with van der Waals surface area (Å²) in [5, 5.41) is 5.66. The van der Waals surface area contributed by atoms with Gasteiger partial charge in [0, 0.05) is 38.2 Å². The van der Waals surface area contributed by atoms with E-state index in [1.807, 2.05) is 30.4 Å². The van der Waals surface area contributed by atoms with Crippen molar-refractivity contribution in [2.24, 2.45) is 0 Å². The molecule has 0 aliphatic heterocycles. The van der Waals surface area contributed by atoms with E-state index in [9.17, 15) is 4.79 Å². The molecule has 1 aliphatic carbocycles. The number of ether oxygens (including phenoxy) is 2. The smallest absolute Gasteiger partial charge is 0.410 e. The molecule has 1 aromatic heterocycles. The summed E-state index contributed by atoms with van der Waals surface area (Å²) < 4.78 is 13.6. The van der Waals surface area contributed by atoms with Gasteiger partial charge in [0.1, 0.15) is 10.2 Å². The first-order chi connectivity index (χ1) is 12.8. The molecule has 0 bridgehead atoms. The van der Waals surface area contributed by atoms with Crippen LogP contribution in [0.3, 0.4) is 0 Å². The number of carbonyl (C=O) groups excluding carboxylic acids is 1. The molecule has 2 aromatic rings. The standard InChI is InChI=1S/C20H28BrN3O3/c1-20(2,3)27-19(25)23(15-7-8-15)13-14-6-9-16-17(12-14)24(22-18(16)21)10-5-11-26-4/h6,9,12,15H,5,7-8,10-11,13H2,1-4H3. The van der Waals surface area contributed by atoms with Gasteiger partial charge in [-0.1, -0.05) is 6.07 Å². The van der Waals surface area contributed by atoms with Gasteiger partial charge in [-0.2, -0.15) is 5.10 Å². The number of rotatable bonds is 7. The van der Waals surface area contributed by atoms with Crippen molar-refractivity contribution < 1.29 is 14.3 Å². The normalized spacial score (nSPS) is 14.6. The van der Waals surface area contributed by atoms with Crippen LogP contribution in [0.4, 0.5) is 4.79 Å². The Labute approximate surface area is 168 Å². The van der Waals surface area contributed by atoms with Crippen molar-refractivity contribution in [3.63, 3.8) is 0 Å². The molecule has 0 saturated heterocycles. The lowest BCUT2D eigenvalue weighted by Gasteiger charge is -2.27. The molecule has 0 spiro atoms. The summed E-state index contributed by atoms with van der Waals surface area (Å²) in [5.41, 5.74) is 1.66. The van der Waals surface area contributed by atoms with E-state index in [4.69, 9.17) is 9.47 Å². The van der Waals surface area contributed by atoms with Crippen LogP contribution in [0, 0.1) is 0 Å². The van der Waals surface area contributed by atoms with Crippen molar-refractivity contribution >= 4 is 32.9 Å². The molecule has 1 saturated carbocycles. The summed E-state index contributed by atoms with van der Waals surface area (Å²) in [7, 11) is 1.71. The number of benzene rings is 1. The maximum absolute atomic E-state index is 12.6. The molecule has 0 atom stereocenters. The number of halogens is 1. The van der Waals surface area contributed by atoms with E-state index in [0.29, 0.717) is 13.2 Å². The number of hydrogen-bond acceptors (Lipinski definition) is 4. The van der Waals surface area contributed by atoms with Gasteiger partial charge in [0.2, 0.25) is 0 Å². The predicted octanol–water partition coefficient (Wildman–Crippen LogP) is 4.73. The molecular weight excluding hydrogens is 410 g/mol. The SMILES string of the molecule is COCCCn1nc(Br)c2ccc(CN(C(=O)OC(C)(C)C)C3CC3)cc21. The molecule has 0 unspecified atom stereocenters. The van der Waals surface area contributed by atoms with Gasteiger partial charge >= 0.3 is 6.09 Å². The third-order valence-electron chi connectivity index (χ3n) is 4.46. The molecule has 27 heavy (non-hydrogen) atoms. The van der Waals surface area contributed by atoms with Gasteiger partial charge < -0.3 is 14.4 Å². The summed E-state index contributed by atoms with van der Waals surface area (Å²) in [6.07, 6.45) is 2.75. The Hall–Kier alpha value is -1.60. The molecule has 1 aromatic carbocycles. The van der Waals surface area contributed by atoms with Gasteiger partial charge in [-0.3, -0.25) is 4.68 Å². The second-order valence-corrected chi connectivity index (χ2v) is 8.80. The number of aryl methyl sites for hydroxylation is 1. The Balaban J connectivity index is 1.80. The third-order valence-corrected chi connectivity index (χ3v) is 5.04. The highest BCUT2D eigenvalue weighted by Crippen LogP contribution is 2.31. The largest absolute Gasteiger partial charge is 0.444 e. The van der Waals surface area contributed by atoms with E-state index >= 15 is 0 Å². The maximum Gasteiger partial charge on any atom is 0.410 e. The monoisotopic (exact) mass is 437 g/mol. The van der Waals surface area contributed by atoms with Crippen molar-refractivity contribution in [2.75, 3.05) is 13.7 Å². The van der Waals surface area contributed by atoms with Crippen LogP contribution < -0.4 is 0 Å². The van der Waals surface area contributed by atoms with Crippen LogP contribution in [0.25, 0.3) is 10.9 Å². The van der Waals surface area contributed by atoms with Crippen molar-refractivity contribution in [3.05, 3.63) is 28.4 Å². The maximum atomic E-state index is 12.6. The zero-order chi connectivity index (χ0) is 19.6. The third kappa shape index (κ3) is 5.23. The zero-order valence-electron chi connectivity index (χ0n) is 16.5. The first-order valence-electron chi connectivity index (χ1n) is 9.42. The topological polar surface area (TPSA) is 56.6 Å². The molecule has 1 fully saturated rings. The van der Waals surface area contributed by atoms with Crippen LogP contribution in [0.15, 0.2) is 22.8 Å². The number of carbonyl (C=O) groups is 1. The van der Waals surface area contributed by atoms with Gasteiger partial charge in [0.05, 0.1) is 5.52 Å². The fraction of sp³-hybridized carbons (Fsp3) is 0.600. The molecule has 0 N–H and O–H groups in total. The van der Waals surface area contributed by atoms with Gasteiger partial charge in [-0.25, -0.2) is 4.79 Å². The quantitative estimate of drug-likeness (QED) is 0.587. The lowest BCUT2D eigenvalue weighted by Crippen LogP contribution is -2.37. The Kier molecular flexibility index (Phi) is 6.11. The Morgan fingerprint density at radius 3 is 2.74 bits per heavy atom. The van der Waals surface area contributed by atoms with E-state index in [2.05, 4.69) is 39.2 Å². The molecule has 6 nitrogen and oxygen atoms in total. The molecule has 0 radical (unpaired) electrons. The second kappa shape index (κ2) is 8.19. The van der Waals surface area contributed by atoms with E-state index < -0.39 is 5.60 Å². The number of amides is 1. The summed E-state index contributed by atoms with van der Waals surface area (Å²) in [6, 6.07) is 6.54. The lowest BCUT2D eigenvalue weighted by atomic mass is 10.1. The van der Waals surface area contributed by atoms with Crippen LogP contribution in [-0.4, -0.2) is 46.1 Å². The minimum absolute atomic E-state index is 0.236. The van der Waals surface area contributed by atoms with Crippen molar-refractivity contribution in [1.29, 1.82) is 0 Å². The van der Waals surface area contributed by atoms with Crippen LogP contribution in [0.5, 0.6) is 0 Å². The van der Waals surface area contributed by atoms with E-state index in [1.165, 1.54) is 0 Å². The number of hydrogen-bond donors (Lipinski definition) is 0. The molecule has 1 heterocycles. The first-order valence-corrected chi connectivity index (χ1v) is 10.2. The van der Waals surface area contributed by atoms with Crippen LogP contribution in [0.2, 0.25) is 0 Å². The summed E-state index contributed by atoms with van der Waals surface area (Å²) in [5.74, 6) is 0. The van der Waals surface area contributed by atoms with E-state index in [0.717, 1.165) is 46.9 Å². The minimum atomic E-state index is -0.487. The van der Waals surface area contributed by atoms with Crippen molar-refractivity contribution in [3.8, 4) is 0 Å². The Bertz CT molecular complexity index is 809. The van der Waals surface area contributed by atoms with Gasteiger partial charge in [-0.05, 0) is 73.7 Å². The van der Waals surface area contributed by atoms with Crippen LogP contribution in [0.1, 0.15) is 45.6 Å². The lowest BCUT2D eigenvalue weighted by molar-refractivity contribution is 0.0217. The number of aromatic nitrogens is 2. The van der Waals surface area contributed by atoms with E-state index in [-0.39, 0.29) is 12.1 Å². The molecule has 3 rings (SSSR count). The first kappa shape index (κ1) is 20.1. The Morgan fingerprint density at radius 1 is 1.37 bits per heavy atom. The van der Waals surface area contributed by atoms with E-state index in [1.54, 1.807) is 7.11 Å². The molecule has 1 amide bonds. The number of nitrogens with zero attached hydrogens (tertiary/aromatic N) is 3. The average molecular weight is 438 g/mol. The highest BCUT2D eigenvalue weighted by Gasteiger charge is 2.35. The second-order valence-electron chi connectivity index (χ2n) is 8.05. The molecular formula is C20H28BrN3O3. The van der Waals surface area contributed by atoms with Crippen molar-refractivity contribution in [2.45, 2.75) is 64.8 Å². The van der Waals surface area contributed by atoms with Gasteiger partial charge in [-0.15, -0.1) is 0 Å². The molecule has 7 heteroatoms. The molecule has 148 valence electrons. The van der Waals surface area contributed by atoms with Gasteiger partial charge in [0.25, 0.3) is 0 Å². The summed E-state index contributed by atoms with van der Waals surface area (Å²) >= 11 is 3.54.